The van der Waals surface area contributed by atoms with Crippen molar-refractivity contribution < 1.29 is 19.1 Å². The summed E-state index contributed by atoms with van der Waals surface area (Å²) in [6, 6.07) is 23.1. The van der Waals surface area contributed by atoms with Gasteiger partial charge in [-0.1, -0.05) is 43.3 Å². The summed E-state index contributed by atoms with van der Waals surface area (Å²) in [5.74, 6) is 0.182. The highest BCUT2D eigenvalue weighted by Crippen LogP contribution is 2.40. The van der Waals surface area contributed by atoms with Crippen molar-refractivity contribution in [1.82, 2.24) is 15.2 Å². The quantitative estimate of drug-likeness (QED) is 0.235. The number of carbonyl (C=O) groups is 2. The molecule has 0 unspecified atom stereocenters. The lowest BCUT2D eigenvalue weighted by atomic mass is 10.0. The minimum Gasteiger partial charge on any atom is -0.478 e. The molecular weight excluding hydrogens is 512 g/mol. The number of amides is 1. The number of hydrogen-bond acceptors (Lipinski definition) is 5. The number of carboxylic acids is 1. The van der Waals surface area contributed by atoms with Crippen molar-refractivity contribution in [3.8, 4) is 11.3 Å². The first kappa shape index (κ1) is 26.1. The average Bonchev–Trinajstić information content (AvgIpc) is 3.57. The third-order valence-corrected chi connectivity index (χ3v) is 7.14. The number of nitrogens with one attached hydrogen (secondary N) is 2. The number of carboxylic acid groups (broad SMARTS) is 1. The maximum atomic E-state index is 12.9. The van der Waals surface area contributed by atoms with Crippen LogP contribution in [0.15, 0.2) is 89.5 Å². The van der Waals surface area contributed by atoms with Crippen LogP contribution in [0.1, 0.15) is 52.8 Å². The van der Waals surface area contributed by atoms with E-state index in [0.29, 0.717) is 23.2 Å². The van der Waals surface area contributed by atoms with Crippen LogP contribution in [0.25, 0.3) is 11.3 Å². The van der Waals surface area contributed by atoms with Crippen molar-refractivity contribution in [2.24, 2.45) is 0 Å². The molecule has 1 aliphatic rings. The Morgan fingerprint density at radius 3 is 2.54 bits per heavy atom. The van der Waals surface area contributed by atoms with E-state index < -0.39 is 5.97 Å². The number of hydrogen-bond donors (Lipinski definition) is 3. The lowest BCUT2D eigenvalue weighted by Crippen LogP contribution is -2.32. The Balaban J connectivity index is 1.39. The molecule has 4 aromatic rings. The second kappa shape index (κ2) is 11.5. The van der Waals surface area contributed by atoms with Gasteiger partial charge >= 0.3 is 5.97 Å². The van der Waals surface area contributed by atoms with Crippen LogP contribution < -0.4 is 10.6 Å². The van der Waals surface area contributed by atoms with Gasteiger partial charge in [0.2, 0.25) is 5.91 Å². The van der Waals surface area contributed by atoms with Gasteiger partial charge in [-0.2, -0.15) is 0 Å². The monoisotopic (exact) mass is 540 g/mol. The molecular formula is C30H28N4O4S. The first-order chi connectivity index (χ1) is 18.9. The molecule has 1 fully saturated rings. The number of carbonyl (C=O) groups excluding carboxylic acids is 1. The highest BCUT2D eigenvalue weighted by Gasteiger charge is 2.41. The Morgan fingerprint density at radius 2 is 1.82 bits per heavy atom. The number of para-hydroxylation sites is 1. The molecule has 3 heterocycles. The zero-order chi connectivity index (χ0) is 27.4. The third-order valence-electron chi connectivity index (χ3n) is 6.78. The van der Waals surface area contributed by atoms with Crippen LogP contribution in [0.2, 0.25) is 0 Å². The normalized spacial score (nSPS) is 16.6. The number of pyridine rings is 1. The summed E-state index contributed by atoms with van der Waals surface area (Å²) in [5.41, 5.74) is 3.67. The number of thiocarbonyl (C=S) groups is 1. The third kappa shape index (κ3) is 5.68. The van der Waals surface area contributed by atoms with Gasteiger partial charge in [-0.3, -0.25) is 9.78 Å². The molecule has 2 atom stereocenters. The molecule has 2 aromatic carbocycles. The van der Waals surface area contributed by atoms with E-state index in [2.05, 4.69) is 22.5 Å². The first-order valence-electron chi connectivity index (χ1n) is 12.7. The van der Waals surface area contributed by atoms with E-state index in [0.717, 1.165) is 28.9 Å². The second-order valence-electron chi connectivity index (χ2n) is 9.21. The van der Waals surface area contributed by atoms with E-state index in [1.807, 2.05) is 59.5 Å². The first-order valence-corrected chi connectivity index (χ1v) is 13.1. The van der Waals surface area contributed by atoms with E-state index in [4.69, 9.17) is 16.6 Å². The van der Waals surface area contributed by atoms with E-state index in [1.165, 1.54) is 0 Å². The molecule has 0 aliphatic carbocycles. The van der Waals surface area contributed by atoms with Gasteiger partial charge in [0.25, 0.3) is 0 Å². The minimum atomic E-state index is -0.983. The van der Waals surface area contributed by atoms with E-state index >= 15 is 0 Å². The zero-order valence-corrected chi connectivity index (χ0v) is 22.2. The molecule has 8 nitrogen and oxygen atoms in total. The number of aryl methyl sites for hydroxylation is 1. The van der Waals surface area contributed by atoms with Crippen LogP contribution in [-0.2, 0) is 11.2 Å². The summed E-state index contributed by atoms with van der Waals surface area (Å²) in [6.45, 7) is 2.43. The molecule has 9 heteroatoms. The zero-order valence-electron chi connectivity index (χ0n) is 21.3. The van der Waals surface area contributed by atoms with Gasteiger partial charge in [-0.25, -0.2) is 4.79 Å². The minimum absolute atomic E-state index is 0.0996. The fourth-order valence-corrected chi connectivity index (χ4v) is 5.12. The number of aromatic carboxylic acids is 1. The van der Waals surface area contributed by atoms with Crippen molar-refractivity contribution in [1.29, 1.82) is 0 Å². The molecule has 0 bridgehead atoms. The number of benzene rings is 2. The van der Waals surface area contributed by atoms with Gasteiger partial charge in [0.15, 0.2) is 5.11 Å². The summed E-state index contributed by atoms with van der Waals surface area (Å²) in [7, 11) is 0. The molecule has 0 spiro atoms. The number of aromatic nitrogens is 1. The van der Waals surface area contributed by atoms with Crippen molar-refractivity contribution in [2.75, 3.05) is 11.9 Å². The van der Waals surface area contributed by atoms with Gasteiger partial charge in [-0.05, 0) is 66.7 Å². The standard InChI is InChI=1S/C30H28N4O4S/c1-2-19-7-3-4-8-22(19)32-26(35)16-18-34-28(27(33-30(34)39)23-9-5-6-17-31-23)25-15-14-24(38-25)20-10-12-21(13-11-20)29(36)37/h3-15,17,27-28H,2,16,18H2,1H3,(H,32,35)(H,33,39)(H,36,37)/t27-,28+/m0/s1. The summed E-state index contributed by atoms with van der Waals surface area (Å²) < 4.78 is 6.30. The number of anilines is 1. The summed E-state index contributed by atoms with van der Waals surface area (Å²) in [6.07, 6.45) is 2.79. The van der Waals surface area contributed by atoms with E-state index in [1.54, 1.807) is 30.5 Å². The molecule has 0 radical (unpaired) electrons. The van der Waals surface area contributed by atoms with E-state index in [9.17, 15) is 14.7 Å². The largest absolute Gasteiger partial charge is 0.478 e. The molecule has 198 valence electrons. The highest BCUT2D eigenvalue weighted by atomic mass is 32.1. The van der Waals surface area contributed by atoms with Gasteiger partial charge in [0.05, 0.1) is 17.3 Å². The Hall–Kier alpha value is -4.50. The van der Waals surface area contributed by atoms with Crippen LogP contribution in [0, 0.1) is 0 Å². The van der Waals surface area contributed by atoms with Crippen LogP contribution in [0.4, 0.5) is 5.69 Å². The summed E-state index contributed by atoms with van der Waals surface area (Å²) in [4.78, 5) is 30.7. The van der Waals surface area contributed by atoms with Crippen molar-refractivity contribution >= 4 is 34.9 Å². The molecule has 1 amide bonds. The van der Waals surface area contributed by atoms with Crippen molar-refractivity contribution in [2.45, 2.75) is 31.8 Å². The predicted molar refractivity (Wildman–Crippen MR) is 152 cm³/mol. The predicted octanol–water partition coefficient (Wildman–Crippen LogP) is 5.60. The SMILES string of the molecule is CCc1ccccc1NC(=O)CCN1C(=S)N[C@@H](c2ccccn2)[C@H]1c1ccc(-c2ccc(C(=O)O)cc2)o1. The van der Waals surface area contributed by atoms with Crippen molar-refractivity contribution in [3.63, 3.8) is 0 Å². The second-order valence-corrected chi connectivity index (χ2v) is 9.60. The summed E-state index contributed by atoms with van der Waals surface area (Å²) >= 11 is 5.71. The smallest absolute Gasteiger partial charge is 0.335 e. The lowest BCUT2D eigenvalue weighted by molar-refractivity contribution is -0.116. The van der Waals surface area contributed by atoms with Crippen LogP contribution in [0.3, 0.4) is 0 Å². The van der Waals surface area contributed by atoms with Crippen LogP contribution in [-0.4, -0.2) is 38.5 Å². The van der Waals surface area contributed by atoms with Gasteiger partial charge in [0.1, 0.15) is 17.6 Å². The highest BCUT2D eigenvalue weighted by molar-refractivity contribution is 7.80. The number of nitrogens with zero attached hydrogens (tertiary/aromatic N) is 2. The average molecular weight is 541 g/mol. The van der Waals surface area contributed by atoms with Gasteiger partial charge in [-0.15, -0.1) is 0 Å². The van der Waals surface area contributed by atoms with Crippen LogP contribution in [0.5, 0.6) is 0 Å². The fraction of sp³-hybridized carbons (Fsp3) is 0.200. The molecule has 2 aromatic heterocycles. The maximum absolute atomic E-state index is 12.9. The topological polar surface area (TPSA) is 108 Å². The molecule has 1 aliphatic heterocycles. The molecule has 0 saturated carbocycles. The Kier molecular flexibility index (Phi) is 7.69. The fourth-order valence-electron chi connectivity index (χ4n) is 4.78. The molecule has 1 saturated heterocycles. The lowest BCUT2D eigenvalue weighted by Gasteiger charge is -2.26. The molecule has 3 N–H and O–H groups in total. The van der Waals surface area contributed by atoms with Gasteiger partial charge in [0, 0.05) is 30.4 Å². The number of furan rings is 1. The van der Waals surface area contributed by atoms with Crippen LogP contribution >= 0.6 is 12.2 Å². The van der Waals surface area contributed by atoms with Gasteiger partial charge < -0.3 is 25.1 Å². The Labute approximate surface area is 231 Å². The van der Waals surface area contributed by atoms with Crippen molar-refractivity contribution in [3.05, 3.63) is 108 Å². The molecule has 5 rings (SSSR count). The van der Waals surface area contributed by atoms with E-state index in [-0.39, 0.29) is 30.0 Å². The molecule has 39 heavy (non-hydrogen) atoms. The maximum Gasteiger partial charge on any atom is 0.335 e. The Bertz CT molecular complexity index is 1490. The Morgan fingerprint density at radius 1 is 1.05 bits per heavy atom. The summed E-state index contributed by atoms with van der Waals surface area (Å²) in [5, 5.41) is 16.1. The number of rotatable bonds is 9.